The largest absolute Gasteiger partial charge is 0.340 e. The first kappa shape index (κ1) is 20.6. The van der Waals surface area contributed by atoms with Gasteiger partial charge in [-0.1, -0.05) is 32.0 Å². The summed E-state index contributed by atoms with van der Waals surface area (Å²) in [5.41, 5.74) is 2.20. The van der Waals surface area contributed by atoms with Crippen LogP contribution >= 0.6 is 0 Å². The Hall–Kier alpha value is -2.71. The van der Waals surface area contributed by atoms with Gasteiger partial charge in [-0.25, -0.2) is 13.4 Å². The fraction of sp³-hybridized carbons (Fsp3) is 0.364. The van der Waals surface area contributed by atoms with Crippen molar-refractivity contribution in [2.45, 2.75) is 37.6 Å². The van der Waals surface area contributed by atoms with E-state index in [0.717, 1.165) is 29.7 Å². The number of benzene rings is 2. The second-order valence-electron chi connectivity index (χ2n) is 7.41. The summed E-state index contributed by atoms with van der Waals surface area (Å²) >= 11 is 0. The third-order valence-electron chi connectivity index (χ3n) is 5.66. The normalized spacial score (nSPS) is 17.2. The molecule has 7 nitrogen and oxygen atoms in total. The van der Waals surface area contributed by atoms with Gasteiger partial charge in [0.15, 0.2) is 0 Å². The highest BCUT2D eigenvalue weighted by Crippen LogP contribution is 2.33. The van der Waals surface area contributed by atoms with Crippen LogP contribution in [0.15, 0.2) is 53.4 Å². The number of amides is 1. The quantitative estimate of drug-likeness (QED) is 0.653. The zero-order valence-corrected chi connectivity index (χ0v) is 18.0. The highest BCUT2D eigenvalue weighted by atomic mass is 32.2. The van der Waals surface area contributed by atoms with Gasteiger partial charge in [0.25, 0.3) is 5.91 Å². The first-order chi connectivity index (χ1) is 14.5. The summed E-state index contributed by atoms with van der Waals surface area (Å²) in [6, 6.07) is 14.0. The molecule has 1 aliphatic rings. The van der Waals surface area contributed by atoms with Gasteiger partial charge in [-0.05, 0) is 43.2 Å². The summed E-state index contributed by atoms with van der Waals surface area (Å²) in [4.78, 5) is 23.3. The molecular weight excluding hydrogens is 400 g/mol. The molecule has 0 radical (unpaired) electrons. The van der Waals surface area contributed by atoms with Crippen molar-refractivity contribution in [2.24, 2.45) is 0 Å². The average Bonchev–Trinajstić information content (AvgIpc) is 3.40. The van der Waals surface area contributed by atoms with Crippen LogP contribution in [0.25, 0.3) is 11.0 Å². The standard InChI is InChI=1S/C22H26N4O3S/c1-3-25(4-2)30(28,29)17-10-7-9-16(15-17)22(27)26-14-8-13-20(26)21-23-18-11-5-6-12-19(18)24-21/h5-7,9-12,15,20H,3-4,8,13-14H2,1-2H3,(H,23,24)/t20-/m0/s1. The number of aromatic nitrogens is 2. The summed E-state index contributed by atoms with van der Waals surface area (Å²) in [6.45, 7) is 5.00. The van der Waals surface area contributed by atoms with E-state index in [9.17, 15) is 13.2 Å². The van der Waals surface area contributed by atoms with Crippen molar-refractivity contribution in [3.8, 4) is 0 Å². The number of nitrogens with one attached hydrogen (secondary N) is 1. The molecule has 2 aromatic carbocycles. The SMILES string of the molecule is CCN(CC)S(=O)(=O)c1cccc(C(=O)N2CCC[C@H]2c2nc3ccccc3[nH]2)c1. The number of carbonyl (C=O) groups is 1. The summed E-state index contributed by atoms with van der Waals surface area (Å²) in [7, 11) is -3.62. The summed E-state index contributed by atoms with van der Waals surface area (Å²) in [5.74, 6) is 0.600. The second-order valence-corrected chi connectivity index (χ2v) is 9.35. The third kappa shape index (κ3) is 3.61. The van der Waals surface area contributed by atoms with Crippen molar-refractivity contribution in [1.82, 2.24) is 19.2 Å². The van der Waals surface area contributed by atoms with E-state index >= 15 is 0 Å². The number of imidazole rings is 1. The summed E-state index contributed by atoms with van der Waals surface area (Å²) in [6.07, 6.45) is 1.70. The van der Waals surface area contributed by atoms with E-state index < -0.39 is 10.0 Å². The van der Waals surface area contributed by atoms with Crippen molar-refractivity contribution >= 4 is 27.0 Å². The van der Waals surface area contributed by atoms with Crippen molar-refractivity contribution in [2.75, 3.05) is 19.6 Å². The zero-order chi connectivity index (χ0) is 21.3. The Morgan fingerprint density at radius 3 is 2.67 bits per heavy atom. The fourth-order valence-electron chi connectivity index (χ4n) is 4.09. The molecule has 1 aromatic heterocycles. The minimum Gasteiger partial charge on any atom is -0.340 e. The lowest BCUT2D eigenvalue weighted by atomic mass is 10.1. The number of hydrogen-bond donors (Lipinski definition) is 1. The predicted molar refractivity (Wildman–Crippen MR) is 116 cm³/mol. The van der Waals surface area contributed by atoms with E-state index in [-0.39, 0.29) is 16.8 Å². The van der Waals surface area contributed by atoms with Crippen molar-refractivity contribution in [3.63, 3.8) is 0 Å². The molecule has 30 heavy (non-hydrogen) atoms. The molecule has 0 saturated carbocycles. The van der Waals surface area contributed by atoms with Gasteiger partial charge in [-0.15, -0.1) is 0 Å². The monoisotopic (exact) mass is 426 g/mol. The molecule has 1 amide bonds. The lowest BCUT2D eigenvalue weighted by Gasteiger charge is -2.24. The van der Waals surface area contributed by atoms with Crippen LogP contribution in [0, 0.1) is 0 Å². The van der Waals surface area contributed by atoms with Crippen LogP contribution in [-0.2, 0) is 10.0 Å². The van der Waals surface area contributed by atoms with E-state index in [1.54, 1.807) is 36.9 Å². The molecule has 158 valence electrons. The maximum Gasteiger partial charge on any atom is 0.254 e. The van der Waals surface area contributed by atoms with Crippen molar-refractivity contribution in [3.05, 3.63) is 59.9 Å². The van der Waals surface area contributed by atoms with Crippen LogP contribution in [0.4, 0.5) is 0 Å². The zero-order valence-electron chi connectivity index (χ0n) is 17.2. The second kappa shape index (κ2) is 8.20. The fourth-order valence-corrected chi connectivity index (χ4v) is 5.60. The molecule has 1 fully saturated rings. The molecule has 1 saturated heterocycles. The molecule has 1 N–H and O–H groups in total. The number of para-hydroxylation sites is 2. The molecule has 3 aromatic rings. The molecular formula is C22H26N4O3S. The molecule has 0 aliphatic carbocycles. The van der Waals surface area contributed by atoms with Crippen LogP contribution < -0.4 is 0 Å². The minimum atomic E-state index is -3.62. The average molecular weight is 427 g/mol. The van der Waals surface area contributed by atoms with Crippen LogP contribution in [-0.4, -0.2) is 53.1 Å². The third-order valence-corrected chi connectivity index (χ3v) is 7.71. The Morgan fingerprint density at radius 1 is 1.17 bits per heavy atom. The molecule has 0 spiro atoms. The van der Waals surface area contributed by atoms with Gasteiger partial charge < -0.3 is 9.88 Å². The highest BCUT2D eigenvalue weighted by Gasteiger charge is 2.33. The Labute approximate surface area is 176 Å². The highest BCUT2D eigenvalue weighted by molar-refractivity contribution is 7.89. The number of nitrogens with zero attached hydrogens (tertiary/aromatic N) is 3. The number of rotatable bonds is 6. The first-order valence-electron chi connectivity index (χ1n) is 10.3. The lowest BCUT2D eigenvalue weighted by molar-refractivity contribution is 0.0730. The van der Waals surface area contributed by atoms with E-state index in [4.69, 9.17) is 0 Å². The number of carbonyl (C=O) groups excluding carboxylic acids is 1. The van der Waals surface area contributed by atoms with E-state index in [0.29, 0.717) is 25.2 Å². The van der Waals surface area contributed by atoms with Gasteiger partial charge >= 0.3 is 0 Å². The number of H-pyrrole nitrogens is 1. The number of sulfonamides is 1. The molecule has 2 heterocycles. The van der Waals surface area contributed by atoms with Gasteiger partial charge in [0.1, 0.15) is 5.82 Å². The van der Waals surface area contributed by atoms with Gasteiger partial charge in [-0.3, -0.25) is 4.79 Å². The van der Waals surface area contributed by atoms with Crippen LogP contribution in [0.1, 0.15) is 48.9 Å². The Balaban J connectivity index is 1.64. The molecule has 1 aliphatic heterocycles. The van der Waals surface area contributed by atoms with Gasteiger partial charge in [0.05, 0.1) is 22.0 Å². The van der Waals surface area contributed by atoms with E-state index in [1.807, 2.05) is 24.3 Å². The first-order valence-corrected chi connectivity index (χ1v) is 11.8. The van der Waals surface area contributed by atoms with Gasteiger partial charge in [0.2, 0.25) is 10.0 Å². The lowest BCUT2D eigenvalue weighted by Crippen LogP contribution is -2.32. The Morgan fingerprint density at radius 2 is 1.93 bits per heavy atom. The molecule has 8 heteroatoms. The number of fused-ring (bicyclic) bond motifs is 1. The summed E-state index contributed by atoms with van der Waals surface area (Å²) < 4.78 is 27.1. The van der Waals surface area contributed by atoms with Crippen LogP contribution in [0.3, 0.4) is 0 Å². The van der Waals surface area contributed by atoms with Gasteiger partial charge in [-0.2, -0.15) is 4.31 Å². The molecule has 1 atom stereocenters. The van der Waals surface area contributed by atoms with E-state index in [1.165, 1.54) is 10.4 Å². The molecule has 0 unspecified atom stereocenters. The van der Waals surface area contributed by atoms with Gasteiger partial charge in [0, 0.05) is 25.2 Å². The maximum absolute atomic E-state index is 13.3. The Bertz CT molecular complexity index is 1130. The minimum absolute atomic E-state index is 0.145. The smallest absolute Gasteiger partial charge is 0.254 e. The summed E-state index contributed by atoms with van der Waals surface area (Å²) in [5, 5.41) is 0. The van der Waals surface area contributed by atoms with E-state index in [2.05, 4.69) is 9.97 Å². The number of likely N-dealkylation sites (tertiary alicyclic amines) is 1. The van der Waals surface area contributed by atoms with Crippen LogP contribution in [0.2, 0.25) is 0 Å². The molecule has 0 bridgehead atoms. The Kier molecular flexibility index (Phi) is 5.62. The number of hydrogen-bond acceptors (Lipinski definition) is 4. The topological polar surface area (TPSA) is 86.4 Å². The predicted octanol–water partition coefficient (Wildman–Crippen LogP) is 3.57. The van der Waals surface area contributed by atoms with Crippen LogP contribution in [0.5, 0.6) is 0 Å². The maximum atomic E-state index is 13.3. The van der Waals surface area contributed by atoms with Crippen molar-refractivity contribution < 1.29 is 13.2 Å². The molecule has 4 rings (SSSR count). The number of aromatic amines is 1. The van der Waals surface area contributed by atoms with Crippen molar-refractivity contribution in [1.29, 1.82) is 0 Å².